The van der Waals surface area contributed by atoms with Gasteiger partial charge in [0.25, 0.3) is 0 Å². The van der Waals surface area contributed by atoms with Gasteiger partial charge in [0.2, 0.25) is 11.8 Å². The molecular weight excluding hydrogens is 425 g/mol. The van der Waals surface area contributed by atoms with Crippen LogP contribution in [0.25, 0.3) is 0 Å². The number of ether oxygens (including phenoxy) is 1. The molecular formula is C22H27Cl2N3O3. The van der Waals surface area contributed by atoms with Crippen LogP contribution in [0.1, 0.15) is 38.1 Å². The lowest BCUT2D eigenvalue weighted by Crippen LogP contribution is -2.53. The van der Waals surface area contributed by atoms with Crippen LogP contribution in [-0.2, 0) is 20.9 Å². The molecule has 0 radical (unpaired) electrons. The lowest BCUT2D eigenvalue weighted by molar-refractivity contribution is -0.148. The SMILES string of the molecule is COCC(=O)N(CC(=O)N1CCn2cccc2[C@H]1c1ccc(Cl)c(Cl)c1)C(C)(C)C. The van der Waals surface area contributed by atoms with Gasteiger partial charge in [-0.1, -0.05) is 29.3 Å². The summed E-state index contributed by atoms with van der Waals surface area (Å²) < 4.78 is 7.14. The predicted molar refractivity (Wildman–Crippen MR) is 118 cm³/mol. The van der Waals surface area contributed by atoms with Gasteiger partial charge in [-0.25, -0.2) is 0 Å². The van der Waals surface area contributed by atoms with E-state index in [9.17, 15) is 9.59 Å². The van der Waals surface area contributed by atoms with Crippen LogP contribution in [-0.4, -0.2) is 58.5 Å². The van der Waals surface area contributed by atoms with Gasteiger partial charge in [0, 0.05) is 37.6 Å². The van der Waals surface area contributed by atoms with E-state index in [2.05, 4.69) is 4.57 Å². The van der Waals surface area contributed by atoms with E-state index < -0.39 is 5.54 Å². The Hall–Kier alpha value is -2.02. The summed E-state index contributed by atoms with van der Waals surface area (Å²) in [7, 11) is 1.47. The van der Waals surface area contributed by atoms with Crippen molar-refractivity contribution in [3.8, 4) is 0 Å². The highest BCUT2D eigenvalue weighted by atomic mass is 35.5. The van der Waals surface area contributed by atoms with Crippen molar-refractivity contribution in [3.63, 3.8) is 0 Å². The van der Waals surface area contributed by atoms with E-state index in [-0.39, 0.29) is 31.0 Å². The maximum Gasteiger partial charge on any atom is 0.249 e. The summed E-state index contributed by atoms with van der Waals surface area (Å²) in [6.07, 6.45) is 2.01. The number of carbonyl (C=O) groups excluding carboxylic acids is 2. The zero-order valence-electron chi connectivity index (χ0n) is 17.7. The largest absolute Gasteiger partial charge is 0.375 e. The summed E-state index contributed by atoms with van der Waals surface area (Å²) in [4.78, 5) is 29.4. The van der Waals surface area contributed by atoms with Crippen LogP contribution < -0.4 is 0 Å². The number of amides is 2. The Morgan fingerprint density at radius 2 is 1.90 bits per heavy atom. The maximum atomic E-state index is 13.5. The minimum absolute atomic E-state index is 0.0236. The normalized spacial score (nSPS) is 16.3. The summed E-state index contributed by atoms with van der Waals surface area (Å²) in [6, 6.07) is 9.10. The number of hydrogen-bond donors (Lipinski definition) is 0. The van der Waals surface area contributed by atoms with Gasteiger partial charge in [-0.2, -0.15) is 0 Å². The Morgan fingerprint density at radius 3 is 2.53 bits per heavy atom. The Labute approximate surface area is 187 Å². The second kappa shape index (κ2) is 9.00. The maximum absolute atomic E-state index is 13.5. The first-order valence-electron chi connectivity index (χ1n) is 9.82. The smallest absolute Gasteiger partial charge is 0.249 e. The number of benzene rings is 1. The highest BCUT2D eigenvalue weighted by molar-refractivity contribution is 6.42. The molecule has 0 aliphatic carbocycles. The van der Waals surface area contributed by atoms with Gasteiger partial charge in [0.15, 0.2) is 0 Å². The topological polar surface area (TPSA) is 54.8 Å². The lowest BCUT2D eigenvalue weighted by atomic mass is 9.99. The van der Waals surface area contributed by atoms with Gasteiger partial charge in [-0.15, -0.1) is 0 Å². The molecule has 2 amide bonds. The average molecular weight is 452 g/mol. The van der Waals surface area contributed by atoms with Crippen molar-refractivity contribution >= 4 is 35.0 Å². The molecule has 0 bridgehead atoms. The van der Waals surface area contributed by atoms with Crippen molar-refractivity contribution in [2.45, 2.75) is 38.9 Å². The fraction of sp³-hybridized carbons (Fsp3) is 0.455. The number of nitrogens with zero attached hydrogens (tertiary/aromatic N) is 3. The highest BCUT2D eigenvalue weighted by Crippen LogP contribution is 2.35. The molecule has 8 heteroatoms. The zero-order valence-corrected chi connectivity index (χ0v) is 19.2. The summed E-state index contributed by atoms with van der Waals surface area (Å²) in [5.41, 5.74) is 1.36. The fourth-order valence-electron chi connectivity index (χ4n) is 3.81. The van der Waals surface area contributed by atoms with Gasteiger partial charge in [0.1, 0.15) is 13.2 Å². The number of hydrogen-bond acceptors (Lipinski definition) is 3. The van der Waals surface area contributed by atoms with Crippen LogP contribution in [0.5, 0.6) is 0 Å². The number of methoxy groups -OCH3 is 1. The molecule has 2 heterocycles. The molecule has 0 spiro atoms. The molecule has 0 N–H and O–H groups in total. The van der Waals surface area contributed by atoms with Crippen molar-refractivity contribution in [2.24, 2.45) is 0 Å². The van der Waals surface area contributed by atoms with Crippen LogP contribution in [0, 0.1) is 0 Å². The Morgan fingerprint density at radius 1 is 1.17 bits per heavy atom. The Kier molecular flexibility index (Phi) is 6.80. The number of rotatable bonds is 5. The minimum Gasteiger partial charge on any atom is -0.375 e. The number of fused-ring (bicyclic) bond motifs is 1. The van der Waals surface area contributed by atoms with E-state index in [1.807, 2.05) is 50.1 Å². The molecule has 2 aromatic rings. The van der Waals surface area contributed by atoms with Gasteiger partial charge in [0.05, 0.1) is 16.1 Å². The second-order valence-corrected chi connectivity index (χ2v) is 9.19. The first-order valence-corrected chi connectivity index (χ1v) is 10.6. The first-order chi connectivity index (χ1) is 14.1. The minimum atomic E-state index is -0.514. The molecule has 6 nitrogen and oxygen atoms in total. The first kappa shape index (κ1) is 22.7. The molecule has 30 heavy (non-hydrogen) atoms. The number of aromatic nitrogens is 1. The average Bonchev–Trinajstić information content (AvgIpc) is 3.15. The van der Waals surface area contributed by atoms with Crippen molar-refractivity contribution in [2.75, 3.05) is 26.8 Å². The van der Waals surface area contributed by atoms with E-state index in [0.29, 0.717) is 23.1 Å². The molecule has 0 unspecified atom stereocenters. The fourth-order valence-corrected chi connectivity index (χ4v) is 4.12. The molecule has 1 atom stereocenters. The Balaban J connectivity index is 1.95. The van der Waals surface area contributed by atoms with Crippen LogP contribution in [0.4, 0.5) is 0 Å². The molecule has 3 rings (SSSR count). The lowest BCUT2D eigenvalue weighted by Gasteiger charge is -2.41. The van der Waals surface area contributed by atoms with Crippen molar-refractivity contribution in [1.82, 2.24) is 14.4 Å². The quantitative estimate of drug-likeness (QED) is 0.689. The van der Waals surface area contributed by atoms with Crippen LogP contribution in [0.3, 0.4) is 0 Å². The Bertz CT molecular complexity index is 936. The van der Waals surface area contributed by atoms with Crippen molar-refractivity contribution < 1.29 is 14.3 Å². The van der Waals surface area contributed by atoms with Gasteiger partial charge >= 0.3 is 0 Å². The highest BCUT2D eigenvalue weighted by Gasteiger charge is 2.36. The van der Waals surface area contributed by atoms with Crippen LogP contribution in [0.2, 0.25) is 10.0 Å². The summed E-state index contributed by atoms with van der Waals surface area (Å²) in [5, 5.41) is 0.908. The molecule has 1 aromatic heterocycles. The molecule has 1 aliphatic heterocycles. The van der Waals surface area contributed by atoms with Crippen molar-refractivity contribution in [3.05, 3.63) is 57.8 Å². The summed E-state index contributed by atoms with van der Waals surface area (Å²) in [6.45, 7) is 6.85. The number of carbonyl (C=O) groups is 2. The van der Waals surface area contributed by atoms with Gasteiger partial charge in [-0.3, -0.25) is 9.59 Å². The van der Waals surface area contributed by atoms with E-state index in [1.165, 1.54) is 7.11 Å². The zero-order chi connectivity index (χ0) is 22.1. The molecule has 1 aliphatic rings. The predicted octanol–water partition coefficient (Wildman–Crippen LogP) is 4.00. The number of halogens is 2. The molecule has 0 saturated heterocycles. The van der Waals surface area contributed by atoms with E-state index in [4.69, 9.17) is 27.9 Å². The van der Waals surface area contributed by atoms with E-state index in [0.717, 1.165) is 11.3 Å². The van der Waals surface area contributed by atoms with E-state index in [1.54, 1.807) is 17.0 Å². The monoisotopic (exact) mass is 451 g/mol. The third-order valence-corrected chi connectivity index (χ3v) is 6.03. The molecule has 0 saturated carbocycles. The second-order valence-electron chi connectivity index (χ2n) is 8.37. The third kappa shape index (κ3) is 4.66. The summed E-state index contributed by atoms with van der Waals surface area (Å²) >= 11 is 12.4. The van der Waals surface area contributed by atoms with E-state index >= 15 is 0 Å². The molecule has 1 aromatic carbocycles. The third-order valence-electron chi connectivity index (χ3n) is 5.29. The van der Waals surface area contributed by atoms with Gasteiger partial charge < -0.3 is 19.1 Å². The van der Waals surface area contributed by atoms with Crippen LogP contribution >= 0.6 is 23.2 Å². The summed E-state index contributed by atoms with van der Waals surface area (Å²) in [5.74, 6) is -0.345. The standard InChI is InChI=1S/C22H27Cl2N3O3/c1-22(2,3)27(20(29)14-30-4)13-19(28)26-11-10-25-9-5-6-18(25)21(26)15-7-8-16(23)17(24)12-15/h5-9,12,21H,10-11,13-14H2,1-4H3/t21-/m1/s1. The molecule has 0 fully saturated rings. The molecule has 162 valence electrons. The van der Waals surface area contributed by atoms with Crippen LogP contribution in [0.15, 0.2) is 36.5 Å². The van der Waals surface area contributed by atoms with Gasteiger partial charge in [-0.05, 0) is 50.6 Å². The van der Waals surface area contributed by atoms with Crippen molar-refractivity contribution in [1.29, 1.82) is 0 Å².